The van der Waals surface area contributed by atoms with Crippen LogP contribution in [-0.2, 0) is 0 Å². The Balaban J connectivity index is 1.38. The Morgan fingerprint density at radius 1 is 0.400 bits per heavy atom. The molecule has 0 fully saturated rings. The molecule has 0 saturated carbocycles. The molecule has 4 aliphatic rings. The van der Waals surface area contributed by atoms with Gasteiger partial charge in [-0.25, -0.2) is 0 Å². The third kappa shape index (κ3) is 7.39. The fourth-order valence-corrected chi connectivity index (χ4v) is 14.1. The first kappa shape index (κ1) is 43.3. The van der Waals surface area contributed by atoms with Crippen LogP contribution in [0.1, 0.15) is 129 Å². The van der Waals surface area contributed by atoms with Crippen molar-refractivity contribution in [3.05, 3.63) is 106 Å². The summed E-state index contributed by atoms with van der Waals surface area (Å²) in [6, 6.07) is 24.8. The second-order valence-electron chi connectivity index (χ2n) is 17.0. The molecule has 0 atom stereocenters. The van der Waals surface area contributed by atoms with E-state index in [0.29, 0.717) is 23.3 Å². The standard InChI is InChI=1S/C52H56N8O4.Pb/c1-9-29(10-2)61-37-25-17-21-33-41(37)49-53-45(33)58-50-43-35(23-19-27-39(43)63-31(13-5)14-6)47(55-50)60-52-44-36(24-20-28-40(44)64-32(15-7)16-8)48(56-52)59-51-42-34(46(54-51)57-49)22-18-26-38(42)62-30(11-3)12-4;/h17-32H,9-16H2,1-8H3;/q-2;+4. The molecule has 0 radical (unpaired) electrons. The van der Waals surface area contributed by atoms with Crippen LogP contribution in [0.3, 0.4) is 0 Å². The van der Waals surface area contributed by atoms with Crippen LogP contribution < -0.4 is 29.9 Å². The zero-order chi connectivity index (χ0) is 44.9. The fraction of sp³-hybridized carbons (Fsp3) is 0.385. The second-order valence-corrected chi connectivity index (χ2v) is 21.2. The third-order valence-electron chi connectivity index (χ3n) is 13.1. The Morgan fingerprint density at radius 2 is 0.815 bits per heavy atom. The van der Waals surface area contributed by atoms with E-state index in [1.807, 2.05) is 24.3 Å². The van der Waals surface area contributed by atoms with E-state index in [2.05, 4.69) is 109 Å². The first-order valence-electron chi connectivity index (χ1n) is 23.7. The number of aliphatic imine (C=N–C) groups is 4. The van der Waals surface area contributed by atoms with Gasteiger partial charge in [0.05, 0.1) is 0 Å². The molecule has 0 unspecified atom stereocenters. The minimum absolute atomic E-state index is 0.0154. The molecule has 6 heterocycles. The number of ether oxygens (including phenoxy) is 4. The van der Waals surface area contributed by atoms with Crippen molar-refractivity contribution in [2.24, 2.45) is 30.0 Å². The van der Waals surface area contributed by atoms with E-state index in [4.69, 9.17) is 48.9 Å². The summed E-state index contributed by atoms with van der Waals surface area (Å²) in [6.07, 6.45) is 7.06. The molecule has 6 bridgehead atoms. The first-order chi connectivity index (χ1) is 31.8. The van der Waals surface area contributed by atoms with Gasteiger partial charge in [-0.05, 0) is 0 Å². The van der Waals surface area contributed by atoms with Crippen LogP contribution in [-0.4, -0.2) is 77.3 Å². The molecule has 13 heteroatoms. The van der Waals surface area contributed by atoms with Crippen LogP contribution in [0.4, 0.5) is 11.6 Å². The van der Waals surface area contributed by atoms with E-state index in [1.54, 1.807) is 0 Å². The van der Waals surface area contributed by atoms with Crippen molar-refractivity contribution < 1.29 is 18.9 Å². The van der Waals surface area contributed by atoms with Gasteiger partial charge in [0.15, 0.2) is 0 Å². The van der Waals surface area contributed by atoms with Gasteiger partial charge in [-0.15, -0.1) is 0 Å². The van der Waals surface area contributed by atoms with Crippen LogP contribution in [0.2, 0.25) is 0 Å². The number of hydrogen-bond donors (Lipinski definition) is 0. The molecule has 6 aromatic rings. The van der Waals surface area contributed by atoms with Gasteiger partial charge in [0.2, 0.25) is 0 Å². The van der Waals surface area contributed by atoms with E-state index in [0.717, 1.165) is 141 Å². The van der Waals surface area contributed by atoms with E-state index < -0.39 is 24.8 Å². The molecule has 12 nitrogen and oxygen atoms in total. The quantitative estimate of drug-likeness (QED) is 0.0896. The molecular formula is C52H56N8O4Pb+2. The Labute approximate surface area is 393 Å². The molecule has 0 N–H and O–H groups in total. The predicted molar refractivity (Wildman–Crippen MR) is 261 cm³/mol. The SMILES string of the molecule is CCC(CC)Oc1cccc2c1C1=NC2=Nc2c3c(OC(CC)CC)cccc3c3[n]2[Pb+2][n]2c(c4cccc(OC(CC)CC)c4c2=NC2=NC(=N3)c3c(OC(CC)CC)cccc32)=N1. The van der Waals surface area contributed by atoms with Crippen molar-refractivity contribution in [2.75, 3.05) is 0 Å². The molecule has 65 heavy (non-hydrogen) atoms. The van der Waals surface area contributed by atoms with E-state index in [1.165, 1.54) is 0 Å². The number of hydrogen-bond acceptors (Lipinski definition) is 10. The molecular weight excluding hydrogens is 1010 g/mol. The number of amidine groups is 4. The van der Waals surface area contributed by atoms with Crippen LogP contribution in [0.15, 0.2) is 103 Å². The zero-order valence-electron chi connectivity index (χ0n) is 38.6. The third-order valence-corrected chi connectivity index (χ3v) is 17.9. The van der Waals surface area contributed by atoms with Gasteiger partial charge in [0.1, 0.15) is 0 Å². The molecule has 0 aliphatic carbocycles. The first-order valence-corrected chi connectivity index (χ1v) is 27.2. The number of fused-ring (bicyclic) bond motifs is 14. The van der Waals surface area contributed by atoms with Gasteiger partial charge < -0.3 is 0 Å². The van der Waals surface area contributed by atoms with Crippen molar-refractivity contribution >= 4 is 81.4 Å². The van der Waals surface area contributed by atoms with Crippen molar-refractivity contribution in [1.82, 2.24) is 4.75 Å². The Hall–Kier alpha value is -5.64. The van der Waals surface area contributed by atoms with Gasteiger partial charge in [-0.1, -0.05) is 0 Å². The summed E-state index contributed by atoms with van der Waals surface area (Å²) in [4.78, 5) is 33.2. The molecule has 10 rings (SSSR count). The monoisotopic (exact) mass is 1060 g/mol. The summed E-state index contributed by atoms with van der Waals surface area (Å²) in [7, 11) is 0. The van der Waals surface area contributed by atoms with E-state index >= 15 is 0 Å². The normalized spacial score (nSPS) is 14.3. The Bertz CT molecular complexity index is 3110. The summed E-state index contributed by atoms with van der Waals surface area (Å²) in [5.74, 6) is 6.78. The molecule has 4 aromatic carbocycles. The number of nitrogens with zero attached hydrogens (tertiary/aromatic N) is 8. The summed E-state index contributed by atoms with van der Waals surface area (Å²) >= 11 is -2.48. The van der Waals surface area contributed by atoms with Gasteiger partial charge in [0.25, 0.3) is 0 Å². The molecule has 4 aliphatic heterocycles. The maximum absolute atomic E-state index is 6.93. The summed E-state index contributed by atoms with van der Waals surface area (Å²) in [5, 5.41) is 3.64. The zero-order valence-corrected chi connectivity index (χ0v) is 42.5. The van der Waals surface area contributed by atoms with Gasteiger partial charge >= 0.3 is 395 Å². The van der Waals surface area contributed by atoms with Crippen molar-refractivity contribution in [3.63, 3.8) is 0 Å². The number of benzene rings is 4. The van der Waals surface area contributed by atoms with Crippen molar-refractivity contribution in [1.29, 1.82) is 0 Å². The second kappa shape index (κ2) is 18.0. The summed E-state index contributed by atoms with van der Waals surface area (Å²) < 4.78 is 32.2. The molecule has 2 aromatic heterocycles. The number of rotatable bonds is 16. The van der Waals surface area contributed by atoms with Gasteiger partial charge in [-0.3, -0.25) is 0 Å². The summed E-state index contributed by atoms with van der Waals surface area (Å²) in [5.41, 5.74) is 4.91. The predicted octanol–water partition coefficient (Wildman–Crippen LogP) is 10.7. The average Bonchev–Trinajstić information content (AvgIpc) is 4.05. The topological polar surface area (TPSA) is 121 Å². The maximum atomic E-state index is 6.93. The van der Waals surface area contributed by atoms with Crippen LogP contribution in [0, 0.1) is 0 Å². The fourth-order valence-electron chi connectivity index (χ4n) is 9.28. The van der Waals surface area contributed by atoms with E-state index in [-0.39, 0.29) is 24.4 Å². The van der Waals surface area contributed by atoms with Crippen LogP contribution >= 0.6 is 0 Å². The van der Waals surface area contributed by atoms with Gasteiger partial charge in [-0.2, -0.15) is 0 Å². The Kier molecular flexibility index (Phi) is 12.0. The summed E-state index contributed by atoms with van der Waals surface area (Å²) in [6.45, 7) is 17.3. The molecule has 330 valence electrons. The molecule has 0 spiro atoms. The minimum atomic E-state index is -2.48. The van der Waals surface area contributed by atoms with Crippen LogP contribution in [0.25, 0.3) is 21.5 Å². The van der Waals surface area contributed by atoms with Crippen molar-refractivity contribution in [3.8, 4) is 23.0 Å². The van der Waals surface area contributed by atoms with Gasteiger partial charge in [0, 0.05) is 0 Å². The molecule has 0 saturated heterocycles. The molecule has 0 amide bonds. The number of aromatic nitrogens is 2. The van der Waals surface area contributed by atoms with E-state index in [9.17, 15) is 0 Å². The van der Waals surface area contributed by atoms with Crippen LogP contribution in [0.5, 0.6) is 23.0 Å². The Morgan fingerprint density at radius 3 is 1.37 bits per heavy atom. The van der Waals surface area contributed by atoms with Crippen molar-refractivity contribution in [2.45, 2.75) is 131 Å². The average molecular weight is 1060 g/mol.